The number of carboxylic acids is 2. The predicted octanol–water partition coefficient (Wildman–Crippen LogP) is 3.63. The Balaban J connectivity index is 0.000000538. The number of fused-ring (bicyclic) bond motifs is 1. The third-order valence-electron chi connectivity index (χ3n) is 6.12. The van der Waals surface area contributed by atoms with E-state index < -0.39 is 18.0 Å². The van der Waals surface area contributed by atoms with E-state index in [2.05, 4.69) is 53.7 Å². The Morgan fingerprint density at radius 3 is 2.08 bits per heavy atom. The van der Waals surface area contributed by atoms with Gasteiger partial charge in [0.2, 0.25) is 0 Å². The molecule has 0 spiro atoms. The highest BCUT2D eigenvalue weighted by atomic mass is 16.5. The van der Waals surface area contributed by atoms with E-state index in [1.165, 1.54) is 11.1 Å². The number of nitrogens with one attached hydrogen (secondary N) is 1. The van der Waals surface area contributed by atoms with Crippen LogP contribution in [-0.2, 0) is 29.2 Å². The van der Waals surface area contributed by atoms with Crippen LogP contribution in [0.15, 0.2) is 72.8 Å². The van der Waals surface area contributed by atoms with Gasteiger partial charge in [0.05, 0.1) is 11.8 Å². The molecule has 4 rings (SSSR count). The van der Waals surface area contributed by atoms with Crippen LogP contribution >= 0.6 is 0 Å². The summed E-state index contributed by atoms with van der Waals surface area (Å²) in [5, 5.41) is 28.9. The number of hydrogen-bond acceptors (Lipinski definition) is 6. The van der Waals surface area contributed by atoms with Crippen molar-refractivity contribution in [2.24, 2.45) is 0 Å². The lowest BCUT2D eigenvalue weighted by atomic mass is 9.84. The van der Waals surface area contributed by atoms with E-state index in [0.29, 0.717) is 6.61 Å². The van der Waals surface area contributed by atoms with Gasteiger partial charge in [-0.05, 0) is 48.2 Å². The van der Waals surface area contributed by atoms with Crippen LogP contribution in [0.2, 0.25) is 0 Å². The monoisotopic (exact) mass is 492 g/mol. The van der Waals surface area contributed by atoms with E-state index in [1.807, 2.05) is 43.4 Å². The zero-order valence-corrected chi connectivity index (χ0v) is 20.4. The molecule has 0 aromatic heterocycles. The molecule has 3 aromatic rings. The largest absolute Gasteiger partial charge is 0.487 e. The molecule has 190 valence electrons. The first-order valence-electron chi connectivity index (χ1n) is 11.7. The van der Waals surface area contributed by atoms with Gasteiger partial charge < -0.3 is 30.3 Å². The molecule has 0 aliphatic heterocycles. The second-order valence-electron chi connectivity index (χ2n) is 8.59. The lowest BCUT2D eigenvalue weighted by molar-refractivity contribution is -0.159. The lowest BCUT2D eigenvalue weighted by Crippen LogP contribution is -2.36. The summed E-state index contributed by atoms with van der Waals surface area (Å²) in [5.41, 5.74) is 5.67. The quantitative estimate of drug-likeness (QED) is 0.369. The van der Waals surface area contributed by atoms with Crippen molar-refractivity contribution in [3.05, 3.63) is 95.1 Å². The number of likely N-dealkylation sites (N-methyl/N-ethyl adjacent to an activating group) is 1. The van der Waals surface area contributed by atoms with Crippen LogP contribution in [0.25, 0.3) is 0 Å². The average molecular weight is 493 g/mol. The molecule has 0 amide bonds. The van der Waals surface area contributed by atoms with Gasteiger partial charge >= 0.3 is 11.9 Å². The number of ether oxygens (including phenoxy) is 1. The minimum absolute atomic E-state index is 0.0841. The van der Waals surface area contributed by atoms with Crippen LogP contribution in [0.5, 0.6) is 5.75 Å². The van der Waals surface area contributed by atoms with Gasteiger partial charge in [-0.3, -0.25) is 0 Å². The third-order valence-corrected chi connectivity index (χ3v) is 6.12. The molecule has 0 heterocycles. The lowest BCUT2D eigenvalue weighted by Gasteiger charge is -2.34. The van der Waals surface area contributed by atoms with Crippen LogP contribution in [0.4, 0.5) is 5.69 Å². The van der Waals surface area contributed by atoms with Gasteiger partial charge in [0.1, 0.15) is 12.4 Å². The van der Waals surface area contributed by atoms with E-state index >= 15 is 0 Å². The third kappa shape index (κ3) is 6.84. The van der Waals surface area contributed by atoms with Gasteiger partial charge in [0.15, 0.2) is 0 Å². The molecular formula is C28H32N2O6. The highest BCUT2D eigenvalue weighted by Crippen LogP contribution is 2.42. The molecule has 8 heteroatoms. The van der Waals surface area contributed by atoms with Crippen molar-refractivity contribution in [3.63, 3.8) is 0 Å². The second kappa shape index (κ2) is 12.7. The SMILES string of the molecule is CN[C@@H]1CCc2c(ccc(OCc3ccccc3)c2N(C)Cc2ccccc2)[C@H]1O.O=C(O)C(=O)O. The Kier molecular flexibility index (Phi) is 9.44. The van der Waals surface area contributed by atoms with Crippen molar-refractivity contribution in [3.8, 4) is 5.75 Å². The number of rotatable bonds is 7. The Hall–Kier alpha value is -3.88. The maximum atomic E-state index is 10.9. The summed E-state index contributed by atoms with van der Waals surface area (Å²) in [6.45, 7) is 1.30. The van der Waals surface area contributed by atoms with Crippen LogP contribution < -0.4 is 15.0 Å². The summed E-state index contributed by atoms with van der Waals surface area (Å²) in [5.74, 6) is -2.78. The summed E-state index contributed by atoms with van der Waals surface area (Å²) in [7, 11) is 4.02. The number of aliphatic carboxylic acids is 2. The van der Waals surface area contributed by atoms with E-state index in [9.17, 15) is 5.11 Å². The number of aliphatic hydroxyl groups excluding tert-OH is 1. The summed E-state index contributed by atoms with van der Waals surface area (Å²) in [6, 6.07) is 24.8. The van der Waals surface area contributed by atoms with Crippen molar-refractivity contribution in [2.75, 3.05) is 19.0 Å². The molecule has 1 aliphatic carbocycles. The molecule has 0 bridgehead atoms. The molecule has 4 N–H and O–H groups in total. The zero-order valence-electron chi connectivity index (χ0n) is 20.4. The molecule has 36 heavy (non-hydrogen) atoms. The van der Waals surface area contributed by atoms with Crippen LogP contribution in [0.3, 0.4) is 0 Å². The van der Waals surface area contributed by atoms with Crippen molar-refractivity contribution in [2.45, 2.75) is 38.1 Å². The molecule has 0 saturated carbocycles. The average Bonchev–Trinajstić information content (AvgIpc) is 2.89. The van der Waals surface area contributed by atoms with Crippen molar-refractivity contribution in [1.82, 2.24) is 5.32 Å². The van der Waals surface area contributed by atoms with Gasteiger partial charge in [-0.15, -0.1) is 0 Å². The molecule has 1 aliphatic rings. The van der Waals surface area contributed by atoms with Crippen molar-refractivity contribution < 1.29 is 29.6 Å². The van der Waals surface area contributed by atoms with E-state index in [4.69, 9.17) is 24.5 Å². The number of hydrogen-bond donors (Lipinski definition) is 4. The fourth-order valence-corrected chi connectivity index (χ4v) is 4.35. The summed E-state index contributed by atoms with van der Waals surface area (Å²) < 4.78 is 6.30. The first-order valence-corrected chi connectivity index (χ1v) is 11.7. The number of anilines is 1. The molecule has 0 radical (unpaired) electrons. The topological polar surface area (TPSA) is 119 Å². The minimum atomic E-state index is -1.82. The van der Waals surface area contributed by atoms with Gasteiger partial charge in [-0.2, -0.15) is 0 Å². The highest BCUT2D eigenvalue weighted by molar-refractivity contribution is 6.27. The van der Waals surface area contributed by atoms with Crippen LogP contribution in [-0.4, -0.2) is 47.4 Å². The minimum Gasteiger partial charge on any atom is -0.487 e. The van der Waals surface area contributed by atoms with Crippen molar-refractivity contribution >= 4 is 17.6 Å². The van der Waals surface area contributed by atoms with Crippen molar-refractivity contribution in [1.29, 1.82) is 0 Å². The number of carboxylic acid groups (broad SMARTS) is 2. The molecule has 0 fully saturated rings. The Morgan fingerprint density at radius 1 is 0.944 bits per heavy atom. The highest BCUT2D eigenvalue weighted by Gasteiger charge is 2.30. The summed E-state index contributed by atoms with van der Waals surface area (Å²) in [4.78, 5) is 20.4. The zero-order chi connectivity index (χ0) is 26.1. The van der Waals surface area contributed by atoms with Gasteiger partial charge in [-0.1, -0.05) is 66.7 Å². The fourth-order valence-electron chi connectivity index (χ4n) is 4.35. The maximum Gasteiger partial charge on any atom is 0.414 e. The molecular weight excluding hydrogens is 460 g/mol. The predicted molar refractivity (Wildman–Crippen MR) is 137 cm³/mol. The number of carbonyl (C=O) groups is 2. The van der Waals surface area contributed by atoms with Gasteiger partial charge in [0, 0.05) is 19.6 Å². The molecule has 8 nitrogen and oxygen atoms in total. The summed E-state index contributed by atoms with van der Waals surface area (Å²) >= 11 is 0. The Morgan fingerprint density at radius 2 is 1.53 bits per heavy atom. The van der Waals surface area contributed by atoms with E-state index in [1.54, 1.807) is 0 Å². The van der Waals surface area contributed by atoms with Gasteiger partial charge in [-0.25, -0.2) is 9.59 Å². The van der Waals surface area contributed by atoms with E-state index in [0.717, 1.165) is 42.0 Å². The fraction of sp³-hybridized carbons (Fsp3) is 0.286. The second-order valence-corrected chi connectivity index (χ2v) is 8.59. The maximum absolute atomic E-state index is 10.9. The normalized spacial score (nSPS) is 16.2. The number of benzene rings is 3. The van der Waals surface area contributed by atoms with Crippen LogP contribution in [0.1, 0.15) is 34.8 Å². The summed E-state index contributed by atoms with van der Waals surface area (Å²) in [6.07, 6.45) is 1.30. The first kappa shape index (κ1) is 26.7. The smallest absolute Gasteiger partial charge is 0.414 e. The molecule has 2 atom stereocenters. The standard InChI is InChI=1S/C26H30N2O2.C2H2O4/c1-27-23-15-13-21-22(26(23)29)14-16-24(30-18-20-11-7-4-8-12-20)25(21)28(2)17-19-9-5-3-6-10-19;3-1(4)2(5)6/h3-12,14,16,23,26-27,29H,13,15,17-18H2,1-2H3;(H,3,4)(H,5,6)/t23-,26-;/m1./s1. The molecule has 0 saturated heterocycles. The molecule has 3 aromatic carbocycles. The Bertz CT molecular complexity index is 1140. The van der Waals surface area contributed by atoms with E-state index in [-0.39, 0.29) is 6.04 Å². The Labute approximate surface area is 210 Å². The van der Waals surface area contributed by atoms with Crippen LogP contribution in [0, 0.1) is 0 Å². The molecule has 0 unspecified atom stereocenters. The van der Waals surface area contributed by atoms with Gasteiger partial charge in [0.25, 0.3) is 0 Å². The number of nitrogens with zero attached hydrogens (tertiary/aromatic N) is 1. The number of aliphatic hydroxyl groups is 1. The first-order chi connectivity index (χ1) is 17.3.